The number of carboxylic acids is 1. The van der Waals surface area contributed by atoms with Crippen LogP contribution < -0.4 is 0 Å². The van der Waals surface area contributed by atoms with Crippen molar-refractivity contribution in [3.63, 3.8) is 0 Å². The van der Waals surface area contributed by atoms with E-state index < -0.39 is 12.1 Å². The summed E-state index contributed by atoms with van der Waals surface area (Å²) in [6.07, 6.45) is -0.724. The monoisotopic (exact) mass is 259 g/mol. The third-order valence-corrected chi connectivity index (χ3v) is 2.73. The Hall–Kier alpha value is -1.26. The summed E-state index contributed by atoms with van der Waals surface area (Å²) in [6, 6.07) is 4.94. The Morgan fingerprint density at radius 3 is 2.81 bits per heavy atom. The zero-order valence-corrected chi connectivity index (χ0v) is 9.50. The fourth-order valence-electron chi connectivity index (χ4n) is 1.39. The minimum Gasteiger partial charge on any atom is -0.478 e. The van der Waals surface area contributed by atoms with Gasteiger partial charge >= 0.3 is 5.97 Å². The second kappa shape index (κ2) is 4.31. The van der Waals surface area contributed by atoms with Crippen LogP contribution in [0.15, 0.2) is 23.4 Å². The lowest BCUT2D eigenvalue weighted by Crippen LogP contribution is -2.19. The van der Waals surface area contributed by atoms with Crippen molar-refractivity contribution < 1.29 is 14.7 Å². The normalized spacial score (nSPS) is 19.1. The highest BCUT2D eigenvalue weighted by atomic mass is 35.5. The summed E-state index contributed by atoms with van der Waals surface area (Å²) >= 11 is 11.7. The first-order valence-corrected chi connectivity index (χ1v) is 5.24. The van der Waals surface area contributed by atoms with Crippen LogP contribution in [0.1, 0.15) is 12.0 Å². The summed E-state index contributed by atoms with van der Waals surface area (Å²) in [5, 5.41) is 13.4. The Labute approximate surface area is 101 Å². The number of hydrogen-bond donors (Lipinski definition) is 1. The lowest BCUT2D eigenvalue weighted by atomic mass is 10.1. The van der Waals surface area contributed by atoms with Crippen LogP contribution >= 0.6 is 23.2 Å². The number of carboxylic acid groups (broad SMARTS) is 1. The van der Waals surface area contributed by atoms with Gasteiger partial charge in [0.05, 0.1) is 10.7 Å². The lowest BCUT2D eigenvalue weighted by molar-refractivity contribution is -0.148. The first-order valence-electron chi connectivity index (χ1n) is 4.49. The lowest BCUT2D eigenvalue weighted by Gasteiger charge is -2.02. The van der Waals surface area contributed by atoms with Crippen molar-refractivity contribution in [3.05, 3.63) is 33.8 Å². The van der Waals surface area contributed by atoms with Crippen LogP contribution in [-0.2, 0) is 9.63 Å². The highest BCUT2D eigenvalue weighted by molar-refractivity contribution is 6.37. The molecule has 16 heavy (non-hydrogen) atoms. The number of nitrogens with zero attached hydrogens (tertiary/aromatic N) is 1. The number of benzene rings is 1. The van der Waals surface area contributed by atoms with E-state index in [2.05, 4.69) is 5.16 Å². The molecule has 0 amide bonds. The molecule has 0 bridgehead atoms. The van der Waals surface area contributed by atoms with Crippen molar-refractivity contribution in [2.45, 2.75) is 12.5 Å². The topological polar surface area (TPSA) is 58.9 Å². The maximum atomic E-state index is 10.7. The molecule has 1 aromatic carbocycles. The van der Waals surface area contributed by atoms with E-state index in [4.69, 9.17) is 33.1 Å². The van der Waals surface area contributed by atoms with E-state index in [1.165, 1.54) is 0 Å². The minimum atomic E-state index is -1.04. The van der Waals surface area contributed by atoms with E-state index in [0.29, 0.717) is 21.3 Å². The van der Waals surface area contributed by atoms with Gasteiger partial charge in [-0.15, -0.1) is 0 Å². The average molecular weight is 260 g/mol. The van der Waals surface area contributed by atoms with Crippen LogP contribution in [0.25, 0.3) is 0 Å². The van der Waals surface area contributed by atoms with Gasteiger partial charge in [0, 0.05) is 17.0 Å². The zero-order chi connectivity index (χ0) is 11.7. The summed E-state index contributed by atoms with van der Waals surface area (Å²) in [4.78, 5) is 15.4. The summed E-state index contributed by atoms with van der Waals surface area (Å²) in [5.74, 6) is -1.04. The number of aliphatic carboxylic acids is 1. The summed E-state index contributed by atoms with van der Waals surface area (Å²) in [6.45, 7) is 0. The van der Waals surface area contributed by atoms with Crippen LogP contribution in [0.4, 0.5) is 0 Å². The van der Waals surface area contributed by atoms with E-state index in [-0.39, 0.29) is 6.42 Å². The van der Waals surface area contributed by atoms with Crippen LogP contribution in [0.5, 0.6) is 0 Å². The largest absolute Gasteiger partial charge is 0.478 e. The van der Waals surface area contributed by atoms with Gasteiger partial charge in [0.25, 0.3) is 0 Å². The fraction of sp³-hybridized carbons (Fsp3) is 0.200. The summed E-state index contributed by atoms with van der Waals surface area (Å²) in [7, 11) is 0. The van der Waals surface area contributed by atoms with Gasteiger partial charge in [-0.3, -0.25) is 0 Å². The van der Waals surface area contributed by atoms with Crippen molar-refractivity contribution >= 4 is 34.9 Å². The molecule has 4 nitrogen and oxygen atoms in total. The standard InChI is InChI=1S/C10H7Cl2NO3/c11-5-1-2-6(7(12)3-5)8-4-9(10(14)15)16-13-8/h1-3,9H,4H2,(H,14,15)/t9-/m1/s1. The first kappa shape index (κ1) is 11.2. The van der Waals surface area contributed by atoms with Gasteiger partial charge in [-0.2, -0.15) is 0 Å². The average Bonchev–Trinajstić information content (AvgIpc) is 2.66. The predicted octanol–water partition coefficient (Wildman–Crippen LogP) is 2.57. The number of hydrogen-bond acceptors (Lipinski definition) is 3. The Balaban J connectivity index is 2.24. The molecule has 0 aromatic heterocycles. The second-order valence-electron chi connectivity index (χ2n) is 3.30. The van der Waals surface area contributed by atoms with E-state index in [1.807, 2.05) is 0 Å². The van der Waals surface area contributed by atoms with E-state index in [0.717, 1.165) is 0 Å². The quantitative estimate of drug-likeness (QED) is 0.888. The Morgan fingerprint density at radius 2 is 2.25 bits per heavy atom. The van der Waals surface area contributed by atoms with Crippen LogP contribution in [0.2, 0.25) is 10.0 Å². The molecule has 1 atom stereocenters. The molecule has 0 aliphatic carbocycles. The predicted molar refractivity (Wildman–Crippen MR) is 60.1 cm³/mol. The molecule has 0 saturated carbocycles. The molecule has 6 heteroatoms. The molecule has 1 aliphatic rings. The fourth-order valence-corrected chi connectivity index (χ4v) is 1.91. The van der Waals surface area contributed by atoms with Gasteiger partial charge in [0.2, 0.25) is 6.10 Å². The molecule has 2 rings (SSSR count). The molecular weight excluding hydrogens is 253 g/mol. The van der Waals surface area contributed by atoms with Gasteiger partial charge in [0.15, 0.2) is 0 Å². The van der Waals surface area contributed by atoms with Gasteiger partial charge in [-0.1, -0.05) is 34.4 Å². The van der Waals surface area contributed by atoms with Crippen molar-refractivity contribution in [3.8, 4) is 0 Å². The molecule has 84 valence electrons. The Kier molecular flexibility index (Phi) is 3.03. The highest BCUT2D eigenvalue weighted by Gasteiger charge is 2.29. The van der Waals surface area contributed by atoms with E-state index in [1.54, 1.807) is 18.2 Å². The molecule has 1 heterocycles. The molecule has 1 N–H and O–H groups in total. The van der Waals surface area contributed by atoms with Crippen LogP contribution in [0, 0.1) is 0 Å². The molecule has 1 aromatic rings. The Morgan fingerprint density at radius 1 is 1.50 bits per heavy atom. The van der Waals surface area contributed by atoms with Crippen molar-refractivity contribution in [2.75, 3.05) is 0 Å². The zero-order valence-electron chi connectivity index (χ0n) is 7.98. The van der Waals surface area contributed by atoms with Crippen LogP contribution in [-0.4, -0.2) is 22.9 Å². The number of rotatable bonds is 2. The maximum Gasteiger partial charge on any atom is 0.348 e. The van der Waals surface area contributed by atoms with Gasteiger partial charge in [-0.25, -0.2) is 4.79 Å². The van der Waals surface area contributed by atoms with Gasteiger partial charge < -0.3 is 9.94 Å². The first-order chi connectivity index (χ1) is 7.58. The smallest absolute Gasteiger partial charge is 0.348 e. The summed E-state index contributed by atoms with van der Waals surface area (Å²) in [5.41, 5.74) is 1.17. The molecule has 0 radical (unpaired) electrons. The number of halogens is 2. The molecule has 1 aliphatic heterocycles. The van der Waals surface area contributed by atoms with Crippen molar-refractivity contribution in [1.29, 1.82) is 0 Å². The molecular formula is C10H7Cl2NO3. The molecule has 0 saturated heterocycles. The third-order valence-electron chi connectivity index (χ3n) is 2.19. The van der Waals surface area contributed by atoms with E-state index in [9.17, 15) is 4.79 Å². The van der Waals surface area contributed by atoms with Crippen molar-refractivity contribution in [2.24, 2.45) is 5.16 Å². The SMILES string of the molecule is O=C(O)[C@H]1CC(c2ccc(Cl)cc2Cl)=NO1. The molecule has 0 unspecified atom stereocenters. The highest BCUT2D eigenvalue weighted by Crippen LogP contribution is 2.25. The maximum absolute atomic E-state index is 10.7. The van der Waals surface area contributed by atoms with Gasteiger partial charge in [-0.05, 0) is 12.1 Å². The molecule has 0 fully saturated rings. The van der Waals surface area contributed by atoms with Crippen LogP contribution in [0.3, 0.4) is 0 Å². The van der Waals surface area contributed by atoms with Crippen molar-refractivity contribution in [1.82, 2.24) is 0 Å². The van der Waals surface area contributed by atoms with Gasteiger partial charge in [0.1, 0.15) is 0 Å². The third kappa shape index (κ3) is 2.13. The van der Waals surface area contributed by atoms with E-state index >= 15 is 0 Å². The Bertz CT molecular complexity index is 473. The minimum absolute atomic E-state index is 0.205. The second-order valence-corrected chi connectivity index (χ2v) is 4.14. The summed E-state index contributed by atoms with van der Waals surface area (Å²) < 4.78 is 0. The number of oxime groups is 1. The molecule has 0 spiro atoms. The number of carbonyl (C=O) groups is 1.